The summed E-state index contributed by atoms with van der Waals surface area (Å²) in [6.07, 6.45) is 1.43. The molecule has 0 fully saturated rings. The molecular formula is C24H16BrCl3N2O3. The number of benzene rings is 3. The molecule has 3 aromatic rings. The van der Waals surface area contributed by atoms with Crippen molar-refractivity contribution in [1.82, 2.24) is 0 Å². The van der Waals surface area contributed by atoms with E-state index >= 15 is 0 Å². The number of nitriles is 1. The van der Waals surface area contributed by atoms with E-state index in [9.17, 15) is 10.1 Å². The Morgan fingerprint density at radius 2 is 1.85 bits per heavy atom. The van der Waals surface area contributed by atoms with E-state index in [0.29, 0.717) is 43.9 Å². The van der Waals surface area contributed by atoms with Crippen LogP contribution in [0.3, 0.4) is 0 Å². The molecule has 1 N–H and O–H groups in total. The van der Waals surface area contributed by atoms with Gasteiger partial charge < -0.3 is 14.8 Å². The molecule has 0 saturated heterocycles. The number of hydrogen-bond donors (Lipinski definition) is 1. The minimum absolute atomic E-state index is 0.136. The third kappa shape index (κ3) is 6.43. The molecule has 0 aromatic heterocycles. The van der Waals surface area contributed by atoms with Gasteiger partial charge in [0.15, 0.2) is 11.5 Å². The number of ether oxygens (including phenoxy) is 2. The second-order valence-corrected chi connectivity index (χ2v) is 8.74. The molecule has 0 saturated carbocycles. The average Bonchev–Trinajstić information content (AvgIpc) is 2.81. The number of methoxy groups -OCH3 is 1. The highest BCUT2D eigenvalue weighted by Gasteiger charge is 2.15. The van der Waals surface area contributed by atoms with Crippen molar-refractivity contribution < 1.29 is 14.3 Å². The van der Waals surface area contributed by atoms with E-state index in [1.165, 1.54) is 13.2 Å². The summed E-state index contributed by atoms with van der Waals surface area (Å²) in [5.41, 5.74) is 1.65. The van der Waals surface area contributed by atoms with Gasteiger partial charge in [-0.25, -0.2) is 0 Å². The van der Waals surface area contributed by atoms with E-state index in [1.54, 1.807) is 42.5 Å². The number of nitrogens with one attached hydrogen (secondary N) is 1. The summed E-state index contributed by atoms with van der Waals surface area (Å²) >= 11 is 21.5. The van der Waals surface area contributed by atoms with E-state index < -0.39 is 5.91 Å². The maximum absolute atomic E-state index is 12.6. The molecule has 168 valence electrons. The number of nitrogens with zero attached hydrogens (tertiary/aromatic N) is 1. The van der Waals surface area contributed by atoms with Gasteiger partial charge in [-0.2, -0.15) is 5.26 Å². The normalized spacial score (nSPS) is 11.0. The molecule has 0 radical (unpaired) electrons. The van der Waals surface area contributed by atoms with Crippen LogP contribution in [0, 0.1) is 11.3 Å². The highest BCUT2D eigenvalue weighted by molar-refractivity contribution is 9.10. The third-order valence-electron chi connectivity index (χ3n) is 4.46. The average molecular weight is 567 g/mol. The Kier molecular flexibility index (Phi) is 8.65. The fourth-order valence-corrected chi connectivity index (χ4v) is 3.68. The van der Waals surface area contributed by atoms with Crippen molar-refractivity contribution in [2.45, 2.75) is 6.61 Å². The second-order valence-electron chi connectivity index (χ2n) is 6.67. The number of anilines is 1. The number of carbonyl (C=O) groups is 1. The van der Waals surface area contributed by atoms with Crippen molar-refractivity contribution in [2.75, 3.05) is 12.4 Å². The molecule has 0 heterocycles. The van der Waals surface area contributed by atoms with Crippen molar-refractivity contribution >= 4 is 68.4 Å². The highest BCUT2D eigenvalue weighted by Crippen LogP contribution is 2.35. The number of hydrogen-bond acceptors (Lipinski definition) is 4. The van der Waals surface area contributed by atoms with E-state index in [2.05, 4.69) is 21.2 Å². The number of halogens is 4. The van der Waals surface area contributed by atoms with Gasteiger partial charge in [0.05, 0.1) is 22.8 Å². The zero-order chi connectivity index (χ0) is 24.0. The van der Waals surface area contributed by atoms with Gasteiger partial charge in [0.2, 0.25) is 0 Å². The lowest BCUT2D eigenvalue weighted by Crippen LogP contribution is -2.13. The molecule has 3 rings (SSSR count). The van der Waals surface area contributed by atoms with Crippen LogP contribution in [0.4, 0.5) is 5.69 Å². The topological polar surface area (TPSA) is 71.3 Å². The van der Waals surface area contributed by atoms with Gasteiger partial charge in [-0.1, -0.05) is 68.9 Å². The highest BCUT2D eigenvalue weighted by atomic mass is 79.9. The zero-order valence-corrected chi connectivity index (χ0v) is 21.0. The summed E-state index contributed by atoms with van der Waals surface area (Å²) in [6, 6.07) is 17.4. The molecule has 0 aliphatic heterocycles. The van der Waals surface area contributed by atoms with Crippen molar-refractivity contribution in [3.63, 3.8) is 0 Å². The summed E-state index contributed by atoms with van der Waals surface area (Å²) in [4.78, 5) is 12.6. The minimum Gasteiger partial charge on any atom is -0.493 e. The smallest absolute Gasteiger partial charge is 0.266 e. The number of carbonyl (C=O) groups excluding carboxylic acids is 1. The van der Waals surface area contributed by atoms with Crippen LogP contribution in [0.15, 0.2) is 64.6 Å². The standard InChI is InChI=1S/C24H16BrCl3N2O3/c1-32-21-10-15(18(25)11-22(21)33-13-14-5-7-17(26)8-6-14)9-16(12-29)24(31)30-20-4-2-3-19(27)23(20)28/h2-11H,13H2,1H3,(H,30,31)/b16-9-. The molecular weight excluding hydrogens is 551 g/mol. The van der Waals surface area contributed by atoms with Crippen LogP contribution in [0.25, 0.3) is 6.08 Å². The van der Waals surface area contributed by atoms with Gasteiger partial charge in [-0.3, -0.25) is 4.79 Å². The lowest BCUT2D eigenvalue weighted by atomic mass is 10.1. The first-order chi connectivity index (χ1) is 15.8. The molecule has 33 heavy (non-hydrogen) atoms. The molecule has 5 nitrogen and oxygen atoms in total. The van der Waals surface area contributed by atoms with Crippen LogP contribution in [0.2, 0.25) is 15.1 Å². The predicted octanol–water partition coefficient (Wildman–Crippen LogP) is 7.54. The minimum atomic E-state index is -0.629. The van der Waals surface area contributed by atoms with E-state index in [4.69, 9.17) is 44.3 Å². The summed E-state index contributed by atoms with van der Waals surface area (Å²) in [6.45, 7) is 0.307. The fraction of sp³-hybridized carbons (Fsp3) is 0.0833. The second kappa shape index (κ2) is 11.4. The van der Waals surface area contributed by atoms with Crippen LogP contribution in [0.5, 0.6) is 11.5 Å². The molecule has 1 amide bonds. The van der Waals surface area contributed by atoms with Gasteiger partial charge in [0.1, 0.15) is 18.2 Å². The van der Waals surface area contributed by atoms with E-state index in [1.807, 2.05) is 18.2 Å². The van der Waals surface area contributed by atoms with Crippen molar-refractivity contribution in [3.05, 3.63) is 90.8 Å². The summed E-state index contributed by atoms with van der Waals surface area (Å²) in [5.74, 6) is 0.301. The quantitative estimate of drug-likeness (QED) is 0.237. The molecule has 0 unspecified atom stereocenters. The molecule has 0 bridgehead atoms. The number of amides is 1. The SMILES string of the molecule is COc1cc(/C=C(/C#N)C(=O)Nc2cccc(Cl)c2Cl)c(Br)cc1OCc1ccc(Cl)cc1. The van der Waals surface area contributed by atoms with Crippen molar-refractivity contribution in [1.29, 1.82) is 5.26 Å². The summed E-state index contributed by atoms with van der Waals surface area (Å²) in [5, 5.41) is 13.3. The molecule has 0 atom stereocenters. The molecule has 0 spiro atoms. The first-order valence-electron chi connectivity index (χ1n) is 9.44. The van der Waals surface area contributed by atoms with Crippen molar-refractivity contribution in [3.8, 4) is 17.6 Å². The summed E-state index contributed by atoms with van der Waals surface area (Å²) < 4.78 is 11.9. The van der Waals surface area contributed by atoms with Crippen molar-refractivity contribution in [2.24, 2.45) is 0 Å². The maximum Gasteiger partial charge on any atom is 0.266 e. The maximum atomic E-state index is 12.6. The Morgan fingerprint density at radius 1 is 1.12 bits per heavy atom. The van der Waals surface area contributed by atoms with Crippen LogP contribution in [0.1, 0.15) is 11.1 Å². The molecule has 0 aliphatic rings. The molecule has 0 aliphatic carbocycles. The fourth-order valence-electron chi connectivity index (χ4n) is 2.77. The van der Waals surface area contributed by atoms with Gasteiger partial charge in [0.25, 0.3) is 5.91 Å². The Bertz CT molecular complexity index is 1260. The molecule has 9 heteroatoms. The molecule has 3 aromatic carbocycles. The Morgan fingerprint density at radius 3 is 2.52 bits per heavy atom. The summed E-state index contributed by atoms with van der Waals surface area (Å²) in [7, 11) is 1.50. The van der Waals surface area contributed by atoms with Gasteiger partial charge >= 0.3 is 0 Å². The van der Waals surface area contributed by atoms with Crippen LogP contribution in [-0.2, 0) is 11.4 Å². The predicted molar refractivity (Wildman–Crippen MR) is 135 cm³/mol. The van der Waals surface area contributed by atoms with Gasteiger partial charge in [-0.05, 0) is 53.6 Å². The first kappa shape index (κ1) is 24.9. The van der Waals surface area contributed by atoms with Crippen LogP contribution >= 0.6 is 50.7 Å². The first-order valence-corrected chi connectivity index (χ1v) is 11.4. The zero-order valence-electron chi connectivity index (χ0n) is 17.2. The van der Waals surface area contributed by atoms with Crippen LogP contribution < -0.4 is 14.8 Å². The Labute approximate surface area is 214 Å². The number of rotatable bonds is 7. The Hall–Kier alpha value is -2.69. The third-order valence-corrected chi connectivity index (χ3v) is 6.21. The van der Waals surface area contributed by atoms with Gasteiger partial charge in [0, 0.05) is 9.50 Å². The van der Waals surface area contributed by atoms with Crippen LogP contribution in [-0.4, -0.2) is 13.0 Å². The largest absolute Gasteiger partial charge is 0.493 e. The van der Waals surface area contributed by atoms with E-state index in [0.717, 1.165) is 5.56 Å². The lowest BCUT2D eigenvalue weighted by Gasteiger charge is -2.13. The monoisotopic (exact) mass is 564 g/mol. The van der Waals surface area contributed by atoms with Gasteiger partial charge in [-0.15, -0.1) is 0 Å². The van der Waals surface area contributed by atoms with E-state index in [-0.39, 0.29) is 10.6 Å². The Balaban J connectivity index is 1.83. The lowest BCUT2D eigenvalue weighted by molar-refractivity contribution is -0.112.